The van der Waals surface area contributed by atoms with E-state index in [1.165, 1.54) is 16.7 Å². The molecule has 0 amide bonds. The minimum atomic E-state index is 0.166. The minimum absolute atomic E-state index is 0.166. The van der Waals surface area contributed by atoms with Crippen LogP contribution >= 0.6 is 0 Å². The van der Waals surface area contributed by atoms with Crippen LogP contribution in [0.4, 0.5) is 0 Å². The van der Waals surface area contributed by atoms with E-state index >= 15 is 0 Å². The van der Waals surface area contributed by atoms with Crippen molar-refractivity contribution >= 4 is 6.08 Å². The Labute approximate surface area is 104 Å². The first-order chi connectivity index (χ1) is 8.17. The van der Waals surface area contributed by atoms with E-state index in [-0.39, 0.29) is 6.04 Å². The molecule has 1 aromatic carbocycles. The van der Waals surface area contributed by atoms with Crippen LogP contribution in [0.2, 0.25) is 0 Å². The standard InChI is InChI=1S/C15H21NO/c1-5-6-15(16-17-4)10-9-14-8-7-12(2)13(3)11-14/h5,7-11,15-16H,1,6H2,2-4H3/b10-9+. The van der Waals surface area contributed by atoms with Gasteiger partial charge in [0.2, 0.25) is 0 Å². The van der Waals surface area contributed by atoms with E-state index in [0.717, 1.165) is 6.42 Å². The first-order valence-electron chi connectivity index (χ1n) is 5.82. The first kappa shape index (κ1) is 13.7. The van der Waals surface area contributed by atoms with Crippen molar-refractivity contribution in [1.82, 2.24) is 5.48 Å². The molecule has 0 fully saturated rings. The predicted octanol–water partition coefficient (Wildman–Crippen LogP) is 3.41. The summed E-state index contributed by atoms with van der Waals surface area (Å²) in [5, 5.41) is 0. The highest BCUT2D eigenvalue weighted by Crippen LogP contribution is 2.11. The highest BCUT2D eigenvalue weighted by Gasteiger charge is 2.00. The molecule has 1 aromatic rings. The lowest BCUT2D eigenvalue weighted by molar-refractivity contribution is 0.0746. The molecule has 0 aliphatic rings. The molecule has 2 nitrogen and oxygen atoms in total. The summed E-state index contributed by atoms with van der Waals surface area (Å²) in [5.41, 5.74) is 6.76. The van der Waals surface area contributed by atoms with Crippen molar-refractivity contribution in [2.75, 3.05) is 7.11 Å². The Morgan fingerprint density at radius 2 is 2.12 bits per heavy atom. The lowest BCUT2D eigenvalue weighted by atomic mass is 10.1. The van der Waals surface area contributed by atoms with Crippen molar-refractivity contribution in [3.05, 3.63) is 53.6 Å². The van der Waals surface area contributed by atoms with E-state index in [1.54, 1.807) is 7.11 Å². The lowest BCUT2D eigenvalue weighted by Crippen LogP contribution is -2.25. The van der Waals surface area contributed by atoms with Crippen LogP contribution in [0.1, 0.15) is 23.1 Å². The van der Waals surface area contributed by atoms with Gasteiger partial charge in [-0.15, -0.1) is 6.58 Å². The molecule has 0 aliphatic heterocycles. The molecule has 1 unspecified atom stereocenters. The molecule has 1 N–H and O–H groups in total. The van der Waals surface area contributed by atoms with Crippen molar-refractivity contribution in [3.63, 3.8) is 0 Å². The van der Waals surface area contributed by atoms with E-state index in [0.29, 0.717) is 0 Å². The number of hydrogen-bond donors (Lipinski definition) is 1. The second-order valence-corrected chi connectivity index (χ2v) is 4.16. The summed E-state index contributed by atoms with van der Waals surface area (Å²) < 4.78 is 0. The van der Waals surface area contributed by atoms with Gasteiger partial charge in [0, 0.05) is 0 Å². The summed E-state index contributed by atoms with van der Waals surface area (Å²) in [6.45, 7) is 7.98. The summed E-state index contributed by atoms with van der Waals surface area (Å²) in [7, 11) is 1.62. The summed E-state index contributed by atoms with van der Waals surface area (Å²) >= 11 is 0. The zero-order valence-corrected chi connectivity index (χ0v) is 10.9. The highest BCUT2D eigenvalue weighted by molar-refractivity contribution is 5.52. The molecular formula is C15H21NO. The molecule has 0 aliphatic carbocycles. The van der Waals surface area contributed by atoms with Gasteiger partial charge in [-0.05, 0) is 37.0 Å². The van der Waals surface area contributed by atoms with Crippen LogP contribution in [0.15, 0.2) is 36.9 Å². The molecule has 1 atom stereocenters. The number of hydroxylamine groups is 1. The fraction of sp³-hybridized carbons (Fsp3) is 0.333. The Bertz CT molecular complexity index is 396. The van der Waals surface area contributed by atoms with Gasteiger partial charge >= 0.3 is 0 Å². The molecule has 92 valence electrons. The van der Waals surface area contributed by atoms with Gasteiger partial charge < -0.3 is 4.84 Å². The maximum Gasteiger partial charge on any atom is 0.0572 e. The zero-order valence-electron chi connectivity index (χ0n) is 10.9. The Kier molecular flexibility index (Phi) is 5.67. The fourth-order valence-corrected chi connectivity index (χ4v) is 1.59. The lowest BCUT2D eigenvalue weighted by Gasteiger charge is -2.10. The quantitative estimate of drug-likeness (QED) is 0.598. The summed E-state index contributed by atoms with van der Waals surface area (Å²) in [4.78, 5) is 4.94. The third-order valence-electron chi connectivity index (χ3n) is 2.74. The minimum Gasteiger partial charge on any atom is -0.305 e. The van der Waals surface area contributed by atoms with E-state index in [2.05, 4.69) is 56.3 Å². The fourth-order valence-electron chi connectivity index (χ4n) is 1.59. The zero-order chi connectivity index (χ0) is 12.7. The van der Waals surface area contributed by atoms with Gasteiger partial charge in [-0.3, -0.25) is 0 Å². The Hall–Kier alpha value is -1.38. The molecule has 0 radical (unpaired) electrons. The van der Waals surface area contributed by atoms with Gasteiger partial charge in [-0.25, -0.2) is 0 Å². The summed E-state index contributed by atoms with van der Waals surface area (Å²) in [6.07, 6.45) is 6.92. The van der Waals surface area contributed by atoms with Crippen LogP contribution in [0.3, 0.4) is 0 Å². The van der Waals surface area contributed by atoms with Crippen molar-refractivity contribution in [3.8, 4) is 0 Å². The molecule has 0 spiro atoms. The van der Waals surface area contributed by atoms with Crippen LogP contribution in [-0.2, 0) is 4.84 Å². The molecule has 1 rings (SSSR count). The third kappa shape index (κ3) is 4.55. The number of hydrogen-bond acceptors (Lipinski definition) is 2. The SMILES string of the molecule is C=CCC(/C=C/c1ccc(C)c(C)c1)NOC. The summed E-state index contributed by atoms with van der Waals surface area (Å²) in [6, 6.07) is 6.61. The third-order valence-corrected chi connectivity index (χ3v) is 2.74. The van der Waals surface area contributed by atoms with Crippen molar-refractivity contribution < 1.29 is 4.84 Å². The van der Waals surface area contributed by atoms with E-state index in [9.17, 15) is 0 Å². The van der Waals surface area contributed by atoms with Gasteiger partial charge in [-0.2, -0.15) is 5.48 Å². The van der Waals surface area contributed by atoms with Crippen LogP contribution in [0.5, 0.6) is 0 Å². The van der Waals surface area contributed by atoms with Crippen molar-refractivity contribution in [2.45, 2.75) is 26.3 Å². The van der Waals surface area contributed by atoms with E-state index < -0.39 is 0 Å². The number of aryl methyl sites for hydroxylation is 2. The van der Waals surface area contributed by atoms with E-state index in [1.807, 2.05) is 6.08 Å². The van der Waals surface area contributed by atoms with Crippen LogP contribution in [0, 0.1) is 13.8 Å². The molecule has 0 heterocycles. The van der Waals surface area contributed by atoms with Crippen LogP contribution < -0.4 is 5.48 Å². The van der Waals surface area contributed by atoms with Gasteiger partial charge in [0.05, 0.1) is 13.2 Å². The average Bonchev–Trinajstić information content (AvgIpc) is 2.31. The average molecular weight is 231 g/mol. The second kappa shape index (κ2) is 7.05. The molecule has 2 heteroatoms. The van der Waals surface area contributed by atoms with Crippen molar-refractivity contribution in [1.29, 1.82) is 0 Å². The van der Waals surface area contributed by atoms with Gasteiger partial charge in [0.1, 0.15) is 0 Å². The highest BCUT2D eigenvalue weighted by atomic mass is 16.6. The molecule has 0 bridgehead atoms. The normalized spacial score (nSPS) is 12.9. The Morgan fingerprint density at radius 3 is 2.71 bits per heavy atom. The van der Waals surface area contributed by atoms with Gasteiger partial charge in [0.15, 0.2) is 0 Å². The van der Waals surface area contributed by atoms with Crippen LogP contribution in [0.25, 0.3) is 6.08 Å². The largest absolute Gasteiger partial charge is 0.305 e. The Morgan fingerprint density at radius 1 is 1.35 bits per heavy atom. The number of benzene rings is 1. The Balaban J connectivity index is 2.72. The smallest absolute Gasteiger partial charge is 0.0572 e. The molecular weight excluding hydrogens is 210 g/mol. The number of nitrogens with one attached hydrogen (secondary N) is 1. The number of rotatable bonds is 6. The van der Waals surface area contributed by atoms with Gasteiger partial charge in [0.25, 0.3) is 0 Å². The molecule has 0 saturated heterocycles. The molecule has 0 saturated carbocycles. The maximum atomic E-state index is 4.94. The van der Waals surface area contributed by atoms with Crippen molar-refractivity contribution in [2.24, 2.45) is 0 Å². The summed E-state index contributed by atoms with van der Waals surface area (Å²) in [5.74, 6) is 0. The maximum absolute atomic E-state index is 4.94. The molecule has 17 heavy (non-hydrogen) atoms. The predicted molar refractivity (Wildman–Crippen MR) is 73.7 cm³/mol. The monoisotopic (exact) mass is 231 g/mol. The van der Waals surface area contributed by atoms with E-state index in [4.69, 9.17) is 4.84 Å². The first-order valence-corrected chi connectivity index (χ1v) is 5.82. The molecule has 0 aromatic heterocycles. The van der Waals surface area contributed by atoms with Crippen LogP contribution in [-0.4, -0.2) is 13.2 Å². The topological polar surface area (TPSA) is 21.3 Å². The second-order valence-electron chi connectivity index (χ2n) is 4.16. The van der Waals surface area contributed by atoms with Gasteiger partial charge in [-0.1, -0.05) is 36.4 Å².